The Kier molecular flexibility index (Phi) is 4.04. The molecule has 1 saturated carbocycles. The molecule has 0 aromatic carbocycles. The molecule has 2 nitrogen and oxygen atoms in total. The lowest BCUT2D eigenvalue weighted by atomic mass is 9.83. The predicted molar refractivity (Wildman–Crippen MR) is 64.7 cm³/mol. The van der Waals surface area contributed by atoms with Gasteiger partial charge in [-0.2, -0.15) is 0 Å². The largest absolute Gasteiger partial charge is 0.330 e. The Labute approximate surface area is 94.2 Å². The van der Waals surface area contributed by atoms with Gasteiger partial charge in [0, 0.05) is 13.1 Å². The summed E-state index contributed by atoms with van der Waals surface area (Å²) < 4.78 is 0. The first-order valence-electron chi connectivity index (χ1n) is 6.70. The third-order valence-corrected chi connectivity index (χ3v) is 4.36. The third kappa shape index (κ3) is 3.18. The first-order chi connectivity index (χ1) is 7.28. The van der Waals surface area contributed by atoms with E-state index in [-0.39, 0.29) is 0 Å². The van der Waals surface area contributed by atoms with Crippen LogP contribution in [0, 0.1) is 17.8 Å². The van der Waals surface area contributed by atoms with Gasteiger partial charge in [-0.25, -0.2) is 0 Å². The molecule has 1 heterocycles. The lowest BCUT2D eigenvalue weighted by molar-refractivity contribution is 0.206. The lowest BCUT2D eigenvalue weighted by Gasteiger charge is -2.29. The molecule has 88 valence electrons. The van der Waals surface area contributed by atoms with Crippen LogP contribution in [0.1, 0.15) is 39.0 Å². The molecule has 2 fully saturated rings. The van der Waals surface area contributed by atoms with E-state index in [4.69, 9.17) is 5.73 Å². The molecule has 1 unspecified atom stereocenters. The molecule has 0 spiro atoms. The SMILES string of the molecule is CC1CCC(CN2CCC(CN)C2)CC1. The Hall–Kier alpha value is -0.0800. The van der Waals surface area contributed by atoms with Crippen molar-refractivity contribution in [3.63, 3.8) is 0 Å². The summed E-state index contributed by atoms with van der Waals surface area (Å²) in [6.45, 7) is 7.20. The second-order valence-electron chi connectivity index (χ2n) is 5.78. The molecular formula is C13H26N2. The molecule has 0 radical (unpaired) electrons. The summed E-state index contributed by atoms with van der Waals surface area (Å²) in [4.78, 5) is 2.65. The molecule has 1 saturated heterocycles. The van der Waals surface area contributed by atoms with E-state index in [1.807, 2.05) is 0 Å². The zero-order valence-electron chi connectivity index (χ0n) is 10.1. The number of nitrogens with two attached hydrogens (primary N) is 1. The third-order valence-electron chi connectivity index (χ3n) is 4.36. The molecule has 2 N–H and O–H groups in total. The van der Waals surface area contributed by atoms with Gasteiger partial charge >= 0.3 is 0 Å². The Morgan fingerprint density at radius 2 is 1.80 bits per heavy atom. The van der Waals surface area contributed by atoms with Crippen LogP contribution in [0.2, 0.25) is 0 Å². The Morgan fingerprint density at radius 3 is 2.40 bits per heavy atom. The smallest absolute Gasteiger partial charge is 0.00223 e. The van der Waals surface area contributed by atoms with Crippen LogP contribution in [-0.2, 0) is 0 Å². The van der Waals surface area contributed by atoms with Crippen LogP contribution in [-0.4, -0.2) is 31.1 Å². The first kappa shape index (κ1) is 11.4. The van der Waals surface area contributed by atoms with E-state index < -0.39 is 0 Å². The highest BCUT2D eigenvalue weighted by Crippen LogP contribution is 2.29. The fourth-order valence-corrected chi connectivity index (χ4v) is 3.15. The van der Waals surface area contributed by atoms with Crippen molar-refractivity contribution in [3.05, 3.63) is 0 Å². The summed E-state index contributed by atoms with van der Waals surface area (Å²) in [5.41, 5.74) is 5.72. The van der Waals surface area contributed by atoms with E-state index in [0.29, 0.717) is 0 Å². The van der Waals surface area contributed by atoms with E-state index in [2.05, 4.69) is 11.8 Å². The number of nitrogens with zero attached hydrogens (tertiary/aromatic N) is 1. The number of likely N-dealkylation sites (tertiary alicyclic amines) is 1. The minimum absolute atomic E-state index is 0.785. The number of hydrogen-bond acceptors (Lipinski definition) is 2. The minimum atomic E-state index is 0.785. The average molecular weight is 210 g/mol. The molecular weight excluding hydrogens is 184 g/mol. The minimum Gasteiger partial charge on any atom is -0.330 e. The molecule has 15 heavy (non-hydrogen) atoms. The highest BCUT2D eigenvalue weighted by Gasteiger charge is 2.25. The van der Waals surface area contributed by atoms with Gasteiger partial charge in [0.25, 0.3) is 0 Å². The zero-order valence-corrected chi connectivity index (χ0v) is 10.1. The van der Waals surface area contributed by atoms with Gasteiger partial charge in [0.15, 0.2) is 0 Å². The van der Waals surface area contributed by atoms with Gasteiger partial charge in [0.1, 0.15) is 0 Å². The van der Waals surface area contributed by atoms with Crippen LogP contribution in [0.15, 0.2) is 0 Å². The van der Waals surface area contributed by atoms with Crippen LogP contribution in [0.5, 0.6) is 0 Å². The maximum atomic E-state index is 5.72. The topological polar surface area (TPSA) is 29.3 Å². The summed E-state index contributed by atoms with van der Waals surface area (Å²) in [6, 6.07) is 0. The second-order valence-corrected chi connectivity index (χ2v) is 5.78. The molecule has 0 bridgehead atoms. The maximum absolute atomic E-state index is 5.72. The second kappa shape index (κ2) is 5.31. The molecule has 2 heteroatoms. The van der Waals surface area contributed by atoms with Crippen molar-refractivity contribution in [3.8, 4) is 0 Å². The summed E-state index contributed by atoms with van der Waals surface area (Å²) in [7, 11) is 0. The molecule has 2 aliphatic rings. The van der Waals surface area contributed by atoms with E-state index in [1.165, 1.54) is 51.7 Å². The van der Waals surface area contributed by atoms with E-state index >= 15 is 0 Å². The van der Waals surface area contributed by atoms with Crippen molar-refractivity contribution in [1.29, 1.82) is 0 Å². The first-order valence-corrected chi connectivity index (χ1v) is 6.70. The van der Waals surface area contributed by atoms with Crippen LogP contribution in [0.4, 0.5) is 0 Å². The molecule has 1 aliphatic carbocycles. The summed E-state index contributed by atoms with van der Waals surface area (Å²) >= 11 is 0. The van der Waals surface area contributed by atoms with Crippen molar-refractivity contribution in [2.45, 2.75) is 39.0 Å². The summed E-state index contributed by atoms with van der Waals surface area (Å²) in [5.74, 6) is 2.75. The van der Waals surface area contributed by atoms with E-state index in [0.717, 1.165) is 24.3 Å². The predicted octanol–water partition coefficient (Wildman–Crippen LogP) is 2.09. The summed E-state index contributed by atoms with van der Waals surface area (Å²) in [6.07, 6.45) is 7.17. The lowest BCUT2D eigenvalue weighted by Crippen LogP contribution is -2.30. The van der Waals surface area contributed by atoms with Gasteiger partial charge in [0.2, 0.25) is 0 Å². The Morgan fingerprint density at radius 1 is 1.07 bits per heavy atom. The van der Waals surface area contributed by atoms with Gasteiger partial charge in [-0.1, -0.05) is 19.8 Å². The van der Waals surface area contributed by atoms with Gasteiger partial charge < -0.3 is 10.6 Å². The van der Waals surface area contributed by atoms with Crippen molar-refractivity contribution in [2.24, 2.45) is 23.5 Å². The van der Waals surface area contributed by atoms with Crippen molar-refractivity contribution in [1.82, 2.24) is 4.90 Å². The van der Waals surface area contributed by atoms with Crippen molar-refractivity contribution >= 4 is 0 Å². The monoisotopic (exact) mass is 210 g/mol. The molecule has 0 aromatic rings. The molecule has 0 amide bonds. The quantitative estimate of drug-likeness (QED) is 0.773. The van der Waals surface area contributed by atoms with Crippen LogP contribution < -0.4 is 5.73 Å². The van der Waals surface area contributed by atoms with Gasteiger partial charge in [-0.05, 0) is 50.1 Å². The van der Waals surface area contributed by atoms with Gasteiger partial charge in [-0.15, -0.1) is 0 Å². The van der Waals surface area contributed by atoms with Crippen LogP contribution in [0.3, 0.4) is 0 Å². The summed E-state index contributed by atoms with van der Waals surface area (Å²) in [5, 5.41) is 0. The molecule has 1 atom stereocenters. The highest BCUT2D eigenvalue weighted by molar-refractivity contribution is 4.80. The normalized spacial score (nSPS) is 38.4. The maximum Gasteiger partial charge on any atom is 0.00223 e. The number of hydrogen-bond donors (Lipinski definition) is 1. The van der Waals surface area contributed by atoms with Crippen LogP contribution in [0.25, 0.3) is 0 Å². The highest BCUT2D eigenvalue weighted by atomic mass is 15.1. The fourth-order valence-electron chi connectivity index (χ4n) is 3.15. The standard InChI is InChI=1S/C13H26N2/c1-11-2-4-12(5-3-11)9-15-7-6-13(8-14)10-15/h11-13H,2-10,14H2,1H3. The van der Waals surface area contributed by atoms with Gasteiger partial charge in [-0.3, -0.25) is 0 Å². The fraction of sp³-hybridized carbons (Fsp3) is 1.00. The zero-order chi connectivity index (χ0) is 10.7. The van der Waals surface area contributed by atoms with Crippen molar-refractivity contribution < 1.29 is 0 Å². The van der Waals surface area contributed by atoms with Gasteiger partial charge in [0.05, 0.1) is 0 Å². The van der Waals surface area contributed by atoms with Crippen LogP contribution >= 0.6 is 0 Å². The van der Waals surface area contributed by atoms with E-state index in [1.54, 1.807) is 0 Å². The number of rotatable bonds is 3. The Bertz CT molecular complexity index is 185. The van der Waals surface area contributed by atoms with E-state index in [9.17, 15) is 0 Å². The molecule has 0 aromatic heterocycles. The Balaban J connectivity index is 1.69. The van der Waals surface area contributed by atoms with Crippen molar-refractivity contribution in [2.75, 3.05) is 26.2 Å². The average Bonchev–Trinajstić information content (AvgIpc) is 2.69. The molecule has 1 aliphatic heterocycles. The molecule has 2 rings (SSSR count).